The van der Waals surface area contributed by atoms with Crippen molar-refractivity contribution in [3.05, 3.63) is 12.2 Å². The maximum absolute atomic E-state index is 2.65. The van der Waals surface area contributed by atoms with Gasteiger partial charge < -0.3 is 0 Å². The normalized spacial score (nSPS) is 34.4. The van der Waals surface area contributed by atoms with Crippen LogP contribution in [0.15, 0.2) is 12.2 Å². The molecule has 1 aliphatic heterocycles. The van der Waals surface area contributed by atoms with E-state index < -0.39 is 0 Å². The molecule has 0 saturated carbocycles. The minimum Gasteiger partial charge on any atom is -0.291 e. The van der Waals surface area contributed by atoms with Crippen molar-refractivity contribution in [2.24, 2.45) is 11.8 Å². The zero-order chi connectivity index (χ0) is 10.9. The first-order valence-corrected chi connectivity index (χ1v) is 5.91. The molecule has 0 radical (unpaired) electrons. The lowest BCUT2D eigenvalue weighted by molar-refractivity contribution is 0.0611. The quantitative estimate of drug-likeness (QED) is 0.611. The van der Waals surface area contributed by atoms with Crippen LogP contribution in [0.4, 0.5) is 0 Å². The molecule has 1 rings (SSSR count). The molecule has 3 unspecified atom stereocenters. The van der Waals surface area contributed by atoms with Gasteiger partial charge in [0.2, 0.25) is 0 Å². The smallest absolute Gasteiger partial charge is 0.0255 e. The van der Waals surface area contributed by atoms with Crippen molar-refractivity contribution < 1.29 is 0 Å². The molecule has 0 bridgehead atoms. The lowest BCUT2D eigenvalue weighted by Gasteiger charge is -2.45. The molecule has 0 N–H and O–H groups in total. The molecule has 1 heterocycles. The molecule has 82 valence electrons. The monoisotopic (exact) mass is 195 g/mol. The number of nitrogens with zero attached hydrogens (tertiary/aromatic N) is 1. The third kappa shape index (κ3) is 2.20. The molecule has 3 atom stereocenters. The van der Waals surface area contributed by atoms with E-state index >= 15 is 0 Å². The fourth-order valence-corrected chi connectivity index (χ4v) is 2.86. The second-order valence-corrected chi connectivity index (χ2v) is 5.26. The van der Waals surface area contributed by atoms with Gasteiger partial charge >= 0.3 is 0 Å². The largest absolute Gasteiger partial charge is 0.291 e. The minimum absolute atomic E-state index is 0.596. The van der Waals surface area contributed by atoms with E-state index in [1.54, 1.807) is 0 Å². The molecule has 0 saturated heterocycles. The van der Waals surface area contributed by atoms with Crippen LogP contribution in [-0.4, -0.2) is 23.0 Å². The molecule has 14 heavy (non-hydrogen) atoms. The highest BCUT2D eigenvalue weighted by Crippen LogP contribution is 2.29. The van der Waals surface area contributed by atoms with Crippen LogP contribution in [0.1, 0.15) is 41.5 Å². The van der Waals surface area contributed by atoms with Gasteiger partial charge in [0.1, 0.15) is 0 Å². The van der Waals surface area contributed by atoms with Gasteiger partial charge in [-0.25, -0.2) is 0 Å². The molecule has 0 fully saturated rings. The van der Waals surface area contributed by atoms with Crippen molar-refractivity contribution in [3.8, 4) is 0 Å². The van der Waals surface area contributed by atoms with E-state index in [0.29, 0.717) is 24.0 Å². The third-order valence-corrected chi connectivity index (χ3v) is 3.33. The van der Waals surface area contributed by atoms with Crippen LogP contribution in [0.3, 0.4) is 0 Å². The molecule has 0 aromatic rings. The third-order valence-electron chi connectivity index (χ3n) is 3.33. The van der Waals surface area contributed by atoms with Crippen LogP contribution in [-0.2, 0) is 0 Å². The molecule has 0 aromatic carbocycles. The Kier molecular flexibility index (Phi) is 3.77. The van der Waals surface area contributed by atoms with Gasteiger partial charge in [-0.1, -0.05) is 32.9 Å². The van der Waals surface area contributed by atoms with Gasteiger partial charge in [0, 0.05) is 18.1 Å². The second-order valence-electron chi connectivity index (χ2n) is 5.26. The Balaban J connectivity index is 2.90. The van der Waals surface area contributed by atoms with Crippen LogP contribution in [0, 0.1) is 11.8 Å². The van der Waals surface area contributed by atoms with Gasteiger partial charge in [0.15, 0.2) is 0 Å². The summed E-state index contributed by atoms with van der Waals surface area (Å²) in [7, 11) is 0. The maximum Gasteiger partial charge on any atom is 0.0255 e. The zero-order valence-electron chi connectivity index (χ0n) is 10.5. The molecule has 0 aliphatic carbocycles. The predicted octanol–water partition coefficient (Wildman–Crippen LogP) is 3.32. The Morgan fingerprint density at radius 1 is 1.00 bits per heavy atom. The van der Waals surface area contributed by atoms with Crippen LogP contribution in [0.2, 0.25) is 0 Å². The van der Waals surface area contributed by atoms with Crippen LogP contribution in [0.5, 0.6) is 0 Å². The minimum atomic E-state index is 0.596. The average molecular weight is 195 g/mol. The SMILES string of the molecule is CC(C)C1C(C)C=CC(C)N1C(C)C. The molecule has 1 nitrogen and oxygen atoms in total. The summed E-state index contributed by atoms with van der Waals surface area (Å²) in [6.45, 7) is 13.9. The maximum atomic E-state index is 2.65. The Morgan fingerprint density at radius 3 is 1.93 bits per heavy atom. The van der Waals surface area contributed by atoms with Gasteiger partial charge in [-0.05, 0) is 32.6 Å². The van der Waals surface area contributed by atoms with Crippen molar-refractivity contribution in [2.75, 3.05) is 0 Å². The lowest BCUT2D eigenvalue weighted by Crippen LogP contribution is -2.52. The first-order valence-electron chi connectivity index (χ1n) is 5.91. The Bertz CT molecular complexity index is 183. The first kappa shape index (κ1) is 11.8. The van der Waals surface area contributed by atoms with Crippen molar-refractivity contribution >= 4 is 0 Å². The van der Waals surface area contributed by atoms with Crippen molar-refractivity contribution in [2.45, 2.75) is 59.7 Å². The first-order chi connectivity index (χ1) is 6.45. The summed E-state index contributed by atoms with van der Waals surface area (Å²) in [6, 6.07) is 1.94. The summed E-state index contributed by atoms with van der Waals surface area (Å²) in [6.07, 6.45) is 4.73. The number of rotatable bonds is 2. The van der Waals surface area contributed by atoms with Crippen LogP contribution < -0.4 is 0 Å². The summed E-state index contributed by atoms with van der Waals surface area (Å²) in [5.74, 6) is 1.42. The molecule has 1 aliphatic rings. The van der Waals surface area contributed by atoms with Gasteiger partial charge in [0.05, 0.1) is 0 Å². The summed E-state index contributed by atoms with van der Waals surface area (Å²) >= 11 is 0. The number of hydrogen-bond donors (Lipinski definition) is 0. The van der Waals surface area contributed by atoms with E-state index in [1.165, 1.54) is 0 Å². The summed E-state index contributed by atoms with van der Waals surface area (Å²) in [5, 5.41) is 0. The molecule has 1 heteroatoms. The van der Waals surface area contributed by atoms with Crippen molar-refractivity contribution in [3.63, 3.8) is 0 Å². The summed E-state index contributed by atoms with van der Waals surface area (Å²) < 4.78 is 0. The van der Waals surface area contributed by atoms with Gasteiger partial charge in [0.25, 0.3) is 0 Å². The fourth-order valence-electron chi connectivity index (χ4n) is 2.86. The highest BCUT2D eigenvalue weighted by molar-refractivity contribution is 5.06. The zero-order valence-corrected chi connectivity index (χ0v) is 10.5. The molecular weight excluding hydrogens is 170 g/mol. The average Bonchev–Trinajstić information content (AvgIpc) is 2.07. The number of hydrogen-bond acceptors (Lipinski definition) is 1. The van der Waals surface area contributed by atoms with E-state index in [2.05, 4.69) is 58.6 Å². The van der Waals surface area contributed by atoms with Crippen LogP contribution >= 0.6 is 0 Å². The van der Waals surface area contributed by atoms with Crippen LogP contribution in [0.25, 0.3) is 0 Å². The second kappa shape index (κ2) is 4.48. The lowest BCUT2D eigenvalue weighted by atomic mass is 9.85. The topological polar surface area (TPSA) is 3.24 Å². The molecule has 0 amide bonds. The Hall–Kier alpha value is -0.300. The van der Waals surface area contributed by atoms with E-state index in [-0.39, 0.29) is 0 Å². The van der Waals surface area contributed by atoms with Gasteiger partial charge in [-0.3, -0.25) is 4.90 Å². The van der Waals surface area contributed by atoms with E-state index in [4.69, 9.17) is 0 Å². The van der Waals surface area contributed by atoms with Gasteiger partial charge in [-0.15, -0.1) is 0 Å². The molecule has 0 aromatic heterocycles. The highest BCUT2D eigenvalue weighted by Gasteiger charge is 2.33. The summed E-state index contributed by atoms with van der Waals surface area (Å²) in [5.41, 5.74) is 0. The van der Waals surface area contributed by atoms with E-state index in [9.17, 15) is 0 Å². The molecular formula is C13H25N. The summed E-state index contributed by atoms with van der Waals surface area (Å²) in [4.78, 5) is 2.65. The standard InChI is InChI=1S/C13H25N/c1-9(2)13-11(5)7-8-12(6)14(13)10(3)4/h7-13H,1-6H3. The molecule has 0 spiro atoms. The Labute approximate surface area is 89.2 Å². The Morgan fingerprint density at radius 2 is 1.57 bits per heavy atom. The van der Waals surface area contributed by atoms with E-state index in [1.807, 2.05) is 0 Å². The predicted molar refractivity (Wildman–Crippen MR) is 63.4 cm³/mol. The fraction of sp³-hybridized carbons (Fsp3) is 0.846. The van der Waals surface area contributed by atoms with Crippen molar-refractivity contribution in [1.82, 2.24) is 4.90 Å². The highest BCUT2D eigenvalue weighted by atomic mass is 15.2. The van der Waals surface area contributed by atoms with Gasteiger partial charge in [-0.2, -0.15) is 0 Å². The van der Waals surface area contributed by atoms with E-state index in [0.717, 1.165) is 5.92 Å². The van der Waals surface area contributed by atoms with Crippen molar-refractivity contribution in [1.29, 1.82) is 0 Å².